The molecular formula is C12H22N6O. The molecule has 106 valence electrons. The summed E-state index contributed by atoms with van der Waals surface area (Å²) < 4.78 is 0. The number of hydrogen-bond acceptors (Lipinski definition) is 6. The van der Waals surface area contributed by atoms with Gasteiger partial charge in [-0.25, -0.2) is 15.8 Å². The molecule has 1 rings (SSSR count). The average Bonchev–Trinajstić information content (AvgIpc) is 2.39. The van der Waals surface area contributed by atoms with Gasteiger partial charge in [0, 0.05) is 19.2 Å². The Morgan fingerprint density at radius 3 is 2.47 bits per heavy atom. The van der Waals surface area contributed by atoms with Gasteiger partial charge in [-0.05, 0) is 27.7 Å². The van der Waals surface area contributed by atoms with E-state index >= 15 is 0 Å². The predicted octanol–water partition coefficient (Wildman–Crippen LogP) is 0.739. The smallest absolute Gasteiger partial charge is 0.244 e. The van der Waals surface area contributed by atoms with E-state index < -0.39 is 0 Å². The second-order valence-electron chi connectivity index (χ2n) is 4.21. The number of anilines is 2. The minimum atomic E-state index is -0.347. The van der Waals surface area contributed by atoms with Crippen molar-refractivity contribution in [3.8, 4) is 0 Å². The lowest BCUT2D eigenvalue weighted by molar-refractivity contribution is -0.131. The van der Waals surface area contributed by atoms with Crippen molar-refractivity contribution in [2.75, 3.05) is 23.8 Å². The first-order valence-corrected chi connectivity index (χ1v) is 6.39. The number of nitrogens with two attached hydrogens (primary N) is 1. The van der Waals surface area contributed by atoms with Crippen LogP contribution < -0.4 is 16.6 Å². The van der Waals surface area contributed by atoms with Crippen LogP contribution in [0.15, 0.2) is 6.07 Å². The van der Waals surface area contributed by atoms with E-state index in [2.05, 4.69) is 20.7 Å². The molecule has 1 unspecified atom stereocenters. The van der Waals surface area contributed by atoms with E-state index in [4.69, 9.17) is 5.84 Å². The minimum Gasteiger partial charge on any atom is -0.358 e. The highest BCUT2D eigenvalue weighted by Crippen LogP contribution is 2.11. The Morgan fingerprint density at radius 2 is 1.95 bits per heavy atom. The molecule has 0 saturated heterocycles. The summed E-state index contributed by atoms with van der Waals surface area (Å²) in [5.74, 6) is 7.04. The van der Waals surface area contributed by atoms with Crippen LogP contribution in [0.25, 0.3) is 0 Å². The number of hydrazine groups is 1. The SMILES string of the molecule is CCN(CC)C(=O)C(C)Nc1cc(NN)nc(C)n1. The third-order valence-corrected chi connectivity index (χ3v) is 2.80. The van der Waals surface area contributed by atoms with Gasteiger partial charge in [-0.2, -0.15) is 0 Å². The van der Waals surface area contributed by atoms with Gasteiger partial charge in [0.1, 0.15) is 23.5 Å². The molecule has 0 aliphatic rings. The Bertz CT molecular complexity index is 432. The van der Waals surface area contributed by atoms with Gasteiger partial charge in [-0.15, -0.1) is 0 Å². The van der Waals surface area contributed by atoms with Gasteiger partial charge in [0.05, 0.1) is 0 Å². The molecule has 1 atom stereocenters. The average molecular weight is 266 g/mol. The summed E-state index contributed by atoms with van der Waals surface area (Å²) in [5, 5.41) is 3.07. The number of aryl methyl sites for hydroxylation is 1. The molecule has 0 saturated carbocycles. The normalized spacial score (nSPS) is 11.8. The molecule has 1 aromatic rings. The number of hydrogen-bond donors (Lipinski definition) is 3. The molecule has 7 heteroatoms. The van der Waals surface area contributed by atoms with Crippen LogP contribution >= 0.6 is 0 Å². The van der Waals surface area contributed by atoms with Crippen LogP contribution in [0.2, 0.25) is 0 Å². The molecule has 0 bridgehead atoms. The topological polar surface area (TPSA) is 96.2 Å². The van der Waals surface area contributed by atoms with E-state index in [1.54, 1.807) is 17.9 Å². The summed E-state index contributed by atoms with van der Waals surface area (Å²) in [6.45, 7) is 8.88. The maximum absolute atomic E-state index is 12.1. The highest BCUT2D eigenvalue weighted by molar-refractivity contribution is 5.84. The van der Waals surface area contributed by atoms with E-state index in [0.29, 0.717) is 30.5 Å². The van der Waals surface area contributed by atoms with E-state index in [1.807, 2.05) is 20.8 Å². The van der Waals surface area contributed by atoms with Crippen molar-refractivity contribution in [1.82, 2.24) is 14.9 Å². The Kier molecular flexibility index (Phi) is 5.50. The van der Waals surface area contributed by atoms with Crippen LogP contribution in [-0.2, 0) is 4.79 Å². The quantitative estimate of drug-likeness (QED) is 0.519. The fourth-order valence-corrected chi connectivity index (χ4v) is 1.81. The van der Waals surface area contributed by atoms with Gasteiger partial charge < -0.3 is 15.6 Å². The lowest BCUT2D eigenvalue weighted by Gasteiger charge is -2.23. The number of nitrogens with one attached hydrogen (secondary N) is 2. The lowest BCUT2D eigenvalue weighted by atomic mass is 10.2. The van der Waals surface area contributed by atoms with E-state index in [-0.39, 0.29) is 11.9 Å². The fourth-order valence-electron chi connectivity index (χ4n) is 1.81. The molecule has 4 N–H and O–H groups in total. The van der Waals surface area contributed by atoms with Crippen LogP contribution in [0.1, 0.15) is 26.6 Å². The van der Waals surface area contributed by atoms with Gasteiger partial charge in [-0.1, -0.05) is 0 Å². The van der Waals surface area contributed by atoms with Gasteiger partial charge in [0.2, 0.25) is 5.91 Å². The largest absolute Gasteiger partial charge is 0.358 e. The molecular weight excluding hydrogens is 244 g/mol. The van der Waals surface area contributed by atoms with Crippen molar-refractivity contribution in [3.05, 3.63) is 11.9 Å². The van der Waals surface area contributed by atoms with Crippen LogP contribution in [-0.4, -0.2) is 39.9 Å². The van der Waals surface area contributed by atoms with Crippen LogP contribution in [0, 0.1) is 6.92 Å². The first kappa shape index (κ1) is 15.2. The zero-order chi connectivity index (χ0) is 14.4. The summed E-state index contributed by atoms with van der Waals surface area (Å²) in [6.07, 6.45) is 0. The van der Waals surface area contributed by atoms with E-state index in [1.165, 1.54) is 0 Å². The molecule has 0 fully saturated rings. The Balaban J connectivity index is 2.78. The van der Waals surface area contributed by atoms with Crippen molar-refractivity contribution >= 4 is 17.5 Å². The Labute approximate surface area is 113 Å². The molecule has 1 heterocycles. The first-order chi connectivity index (χ1) is 9.01. The second kappa shape index (κ2) is 6.89. The minimum absolute atomic E-state index is 0.0449. The molecule has 0 aliphatic carbocycles. The number of carbonyl (C=O) groups is 1. The number of amides is 1. The number of aromatic nitrogens is 2. The number of nitrogen functional groups attached to an aromatic ring is 1. The van der Waals surface area contributed by atoms with Gasteiger partial charge in [-0.3, -0.25) is 4.79 Å². The molecule has 1 amide bonds. The molecule has 0 aliphatic heterocycles. The van der Waals surface area contributed by atoms with Crippen LogP contribution in [0.3, 0.4) is 0 Å². The van der Waals surface area contributed by atoms with Gasteiger partial charge in [0.15, 0.2) is 0 Å². The highest BCUT2D eigenvalue weighted by atomic mass is 16.2. The standard InChI is InChI=1S/C12H22N6O/c1-5-18(6-2)12(19)8(3)14-10-7-11(17-13)16-9(4)15-10/h7-8H,5-6,13H2,1-4H3,(H2,14,15,16,17). The fraction of sp³-hybridized carbons (Fsp3) is 0.583. The maximum Gasteiger partial charge on any atom is 0.244 e. The summed E-state index contributed by atoms with van der Waals surface area (Å²) in [7, 11) is 0. The number of nitrogens with zero attached hydrogens (tertiary/aromatic N) is 3. The van der Waals surface area contributed by atoms with Crippen LogP contribution in [0.5, 0.6) is 0 Å². The molecule has 0 aromatic carbocycles. The second-order valence-corrected chi connectivity index (χ2v) is 4.21. The number of likely N-dealkylation sites (N-methyl/N-ethyl adjacent to an activating group) is 1. The third-order valence-electron chi connectivity index (χ3n) is 2.80. The monoisotopic (exact) mass is 266 g/mol. The first-order valence-electron chi connectivity index (χ1n) is 6.39. The predicted molar refractivity (Wildman–Crippen MR) is 75.6 cm³/mol. The molecule has 19 heavy (non-hydrogen) atoms. The van der Waals surface area contributed by atoms with Gasteiger partial charge >= 0.3 is 0 Å². The lowest BCUT2D eigenvalue weighted by Crippen LogP contribution is -2.41. The summed E-state index contributed by atoms with van der Waals surface area (Å²) >= 11 is 0. The van der Waals surface area contributed by atoms with Crippen molar-refractivity contribution in [2.45, 2.75) is 33.7 Å². The molecule has 7 nitrogen and oxygen atoms in total. The van der Waals surface area contributed by atoms with Crippen molar-refractivity contribution in [1.29, 1.82) is 0 Å². The molecule has 0 radical (unpaired) electrons. The van der Waals surface area contributed by atoms with Gasteiger partial charge in [0.25, 0.3) is 0 Å². The summed E-state index contributed by atoms with van der Waals surface area (Å²) in [4.78, 5) is 22.2. The van der Waals surface area contributed by atoms with Crippen molar-refractivity contribution in [3.63, 3.8) is 0 Å². The molecule has 1 aromatic heterocycles. The third kappa shape index (κ3) is 4.06. The number of rotatable bonds is 6. The highest BCUT2D eigenvalue weighted by Gasteiger charge is 2.18. The van der Waals surface area contributed by atoms with Crippen molar-refractivity contribution < 1.29 is 4.79 Å². The zero-order valence-electron chi connectivity index (χ0n) is 11.9. The number of carbonyl (C=O) groups excluding carboxylic acids is 1. The molecule has 0 spiro atoms. The van der Waals surface area contributed by atoms with E-state index in [9.17, 15) is 4.79 Å². The Morgan fingerprint density at radius 1 is 1.37 bits per heavy atom. The maximum atomic E-state index is 12.1. The zero-order valence-corrected chi connectivity index (χ0v) is 11.9. The summed E-state index contributed by atoms with van der Waals surface area (Å²) in [6, 6.07) is 1.32. The van der Waals surface area contributed by atoms with Crippen LogP contribution in [0.4, 0.5) is 11.6 Å². The Hall–Kier alpha value is -1.89. The van der Waals surface area contributed by atoms with E-state index in [0.717, 1.165) is 0 Å². The summed E-state index contributed by atoms with van der Waals surface area (Å²) in [5.41, 5.74) is 2.47. The van der Waals surface area contributed by atoms with Crippen molar-refractivity contribution in [2.24, 2.45) is 5.84 Å².